The first kappa shape index (κ1) is 26.4. The standard InChI is InChI=1S/C44H31BN2/c1-28-13-11-19-34-35-20-12-14-29(2)43(35)47(42(28)34)45-38-21-9-10-22-41(38)46-40-24-23-32(30-15-5-3-6-16-30)25-36(40)37-26-33(27-39(45)44(37)46)31-17-7-4-8-18-31/h3-27H,1-2H3. The molecule has 9 aromatic rings. The van der Waals surface area contributed by atoms with E-state index in [2.05, 4.69) is 175 Å². The van der Waals surface area contributed by atoms with Gasteiger partial charge in [-0.15, -0.1) is 0 Å². The summed E-state index contributed by atoms with van der Waals surface area (Å²) >= 11 is 0. The van der Waals surface area contributed by atoms with Gasteiger partial charge in [0.1, 0.15) is 0 Å². The quantitative estimate of drug-likeness (QED) is 0.179. The van der Waals surface area contributed by atoms with Crippen molar-refractivity contribution in [2.24, 2.45) is 0 Å². The van der Waals surface area contributed by atoms with Gasteiger partial charge in [-0.2, -0.15) is 0 Å². The van der Waals surface area contributed by atoms with Crippen LogP contribution in [0.25, 0.3) is 71.6 Å². The molecule has 0 saturated carbocycles. The van der Waals surface area contributed by atoms with Gasteiger partial charge in [0, 0.05) is 38.3 Å². The van der Waals surface area contributed by atoms with Crippen molar-refractivity contribution in [2.75, 3.05) is 0 Å². The fourth-order valence-electron chi connectivity index (χ4n) is 8.38. The zero-order chi connectivity index (χ0) is 31.2. The zero-order valence-electron chi connectivity index (χ0n) is 26.4. The van der Waals surface area contributed by atoms with Gasteiger partial charge in [-0.25, -0.2) is 0 Å². The Morgan fingerprint density at radius 2 is 1.00 bits per heavy atom. The summed E-state index contributed by atoms with van der Waals surface area (Å²) in [6.45, 7) is 4.52. The van der Waals surface area contributed by atoms with Crippen LogP contribution in [0, 0.1) is 13.8 Å². The minimum Gasteiger partial charge on any atom is -0.375 e. The summed E-state index contributed by atoms with van der Waals surface area (Å²) in [5.74, 6) is 0. The molecule has 2 nitrogen and oxygen atoms in total. The molecule has 0 unspecified atom stereocenters. The highest BCUT2D eigenvalue weighted by atomic mass is 15.0. The van der Waals surface area contributed by atoms with Gasteiger partial charge in [-0.05, 0) is 82.4 Å². The average Bonchev–Trinajstić information content (AvgIpc) is 3.64. The number of fused-ring (bicyclic) bond motifs is 8. The number of para-hydroxylation sites is 3. The lowest BCUT2D eigenvalue weighted by atomic mass is 9.48. The van der Waals surface area contributed by atoms with Crippen molar-refractivity contribution in [1.29, 1.82) is 0 Å². The molecule has 0 N–H and O–H groups in total. The van der Waals surface area contributed by atoms with Crippen molar-refractivity contribution >= 4 is 61.4 Å². The van der Waals surface area contributed by atoms with E-state index < -0.39 is 0 Å². The summed E-state index contributed by atoms with van der Waals surface area (Å²) in [5, 5.41) is 5.21. The smallest absolute Gasteiger partial charge is 0.332 e. The van der Waals surface area contributed by atoms with Crippen LogP contribution in [-0.4, -0.2) is 15.9 Å². The van der Waals surface area contributed by atoms with Gasteiger partial charge in [0.25, 0.3) is 0 Å². The molecule has 7 aromatic carbocycles. The number of hydrogen-bond donors (Lipinski definition) is 0. The summed E-state index contributed by atoms with van der Waals surface area (Å²) in [7, 11) is 0. The van der Waals surface area contributed by atoms with Crippen molar-refractivity contribution in [3.8, 4) is 27.9 Å². The van der Waals surface area contributed by atoms with Crippen LogP contribution < -0.4 is 10.9 Å². The Morgan fingerprint density at radius 3 is 1.68 bits per heavy atom. The normalized spacial score (nSPS) is 12.4. The molecule has 10 rings (SSSR count). The molecule has 0 amide bonds. The SMILES string of the molecule is Cc1cccc2c3cccc(C)c3n(B3c4ccccc4-n4c5ccc(-c6ccccc6)cc5c5cc(-c6ccccc6)cc3c54)c12. The number of aryl methyl sites for hydroxylation is 2. The first-order valence-electron chi connectivity index (χ1n) is 16.5. The second-order valence-corrected chi connectivity index (χ2v) is 13.0. The second kappa shape index (κ2) is 9.85. The minimum atomic E-state index is -0.00929. The van der Waals surface area contributed by atoms with Gasteiger partial charge in [-0.1, -0.05) is 127 Å². The third kappa shape index (κ3) is 3.68. The molecule has 0 aliphatic carbocycles. The number of nitrogens with zero attached hydrogens (tertiary/aromatic N) is 2. The molecule has 47 heavy (non-hydrogen) atoms. The fraction of sp³-hybridized carbons (Fsp3) is 0.0455. The Bertz CT molecular complexity index is 2640. The topological polar surface area (TPSA) is 9.86 Å². The number of aromatic nitrogens is 2. The first-order chi connectivity index (χ1) is 23.2. The molecule has 3 heterocycles. The van der Waals surface area contributed by atoms with Gasteiger partial charge in [0.2, 0.25) is 0 Å². The van der Waals surface area contributed by atoms with Crippen molar-refractivity contribution in [3.63, 3.8) is 0 Å². The molecular formula is C44H31BN2. The largest absolute Gasteiger partial charge is 0.375 e. The summed E-state index contributed by atoms with van der Waals surface area (Å²) in [5.41, 5.74) is 16.6. The van der Waals surface area contributed by atoms with Crippen LogP contribution in [0.15, 0.2) is 152 Å². The van der Waals surface area contributed by atoms with Gasteiger partial charge < -0.3 is 9.05 Å². The number of rotatable bonds is 3. The van der Waals surface area contributed by atoms with Crippen LogP contribution in [-0.2, 0) is 0 Å². The molecule has 1 aliphatic rings. The highest BCUT2D eigenvalue weighted by Crippen LogP contribution is 2.40. The predicted octanol–water partition coefficient (Wildman–Crippen LogP) is 9.81. The van der Waals surface area contributed by atoms with E-state index in [0.29, 0.717) is 0 Å². The van der Waals surface area contributed by atoms with Gasteiger partial charge in [0.15, 0.2) is 0 Å². The van der Waals surface area contributed by atoms with Crippen molar-refractivity contribution in [2.45, 2.75) is 13.8 Å². The minimum absolute atomic E-state index is 0.00929. The van der Waals surface area contributed by atoms with E-state index in [1.165, 1.54) is 93.6 Å². The maximum absolute atomic E-state index is 2.66. The first-order valence-corrected chi connectivity index (χ1v) is 16.5. The highest BCUT2D eigenvalue weighted by molar-refractivity contribution is 6.88. The monoisotopic (exact) mass is 598 g/mol. The molecule has 3 heteroatoms. The van der Waals surface area contributed by atoms with Crippen LogP contribution in [0.4, 0.5) is 0 Å². The van der Waals surface area contributed by atoms with Crippen LogP contribution in [0.3, 0.4) is 0 Å². The van der Waals surface area contributed by atoms with Crippen LogP contribution in [0.2, 0.25) is 0 Å². The summed E-state index contributed by atoms with van der Waals surface area (Å²) in [4.78, 5) is 0. The van der Waals surface area contributed by atoms with E-state index in [1.807, 2.05) is 0 Å². The second-order valence-electron chi connectivity index (χ2n) is 13.0. The molecule has 0 atom stereocenters. The summed E-state index contributed by atoms with van der Waals surface area (Å²) < 4.78 is 5.19. The van der Waals surface area contributed by atoms with E-state index in [4.69, 9.17) is 0 Å². The lowest BCUT2D eigenvalue weighted by Gasteiger charge is -2.29. The van der Waals surface area contributed by atoms with Crippen molar-refractivity contribution in [1.82, 2.24) is 9.05 Å². The molecule has 0 bridgehead atoms. The van der Waals surface area contributed by atoms with E-state index in [1.54, 1.807) is 0 Å². The van der Waals surface area contributed by atoms with Gasteiger partial charge in [0.05, 0.1) is 11.0 Å². The highest BCUT2D eigenvalue weighted by Gasteiger charge is 2.37. The Labute approximate surface area is 274 Å². The maximum atomic E-state index is 2.66. The van der Waals surface area contributed by atoms with Gasteiger partial charge in [-0.3, -0.25) is 0 Å². The molecule has 2 aromatic heterocycles. The van der Waals surface area contributed by atoms with Crippen molar-refractivity contribution < 1.29 is 0 Å². The van der Waals surface area contributed by atoms with Crippen molar-refractivity contribution in [3.05, 3.63) is 163 Å². The maximum Gasteiger partial charge on any atom is 0.332 e. The molecule has 220 valence electrons. The van der Waals surface area contributed by atoms with E-state index in [9.17, 15) is 0 Å². The Hall–Kier alpha value is -5.80. The fourth-order valence-corrected chi connectivity index (χ4v) is 8.38. The molecule has 0 spiro atoms. The van der Waals surface area contributed by atoms with Gasteiger partial charge >= 0.3 is 6.85 Å². The molecule has 0 saturated heterocycles. The molecule has 0 radical (unpaired) electrons. The number of hydrogen-bond acceptors (Lipinski definition) is 0. The Balaban J connectivity index is 1.40. The predicted molar refractivity (Wildman–Crippen MR) is 201 cm³/mol. The zero-order valence-corrected chi connectivity index (χ0v) is 26.4. The van der Waals surface area contributed by atoms with Crippen LogP contribution in [0.1, 0.15) is 11.1 Å². The third-order valence-corrected chi connectivity index (χ3v) is 10.4. The third-order valence-electron chi connectivity index (χ3n) is 10.4. The Kier molecular flexibility index (Phi) is 5.54. The van der Waals surface area contributed by atoms with Crippen LogP contribution >= 0.6 is 0 Å². The lowest BCUT2D eigenvalue weighted by molar-refractivity contribution is 1.18. The van der Waals surface area contributed by atoms with E-state index in [0.717, 1.165) is 0 Å². The summed E-state index contributed by atoms with van der Waals surface area (Å²) in [6.07, 6.45) is 0. The lowest BCUT2D eigenvalue weighted by Crippen LogP contribution is -2.53. The number of benzene rings is 7. The van der Waals surface area contributed by atoms with Crippen LogP contribution in [0.5, 0.6) is 0 Å². The summed E-state index contributed by atoms with van der Waals surface area (Å²) in [6, 6.07) is 56.1. The van der Waals surface area contributed by atoms with E-state index >= 15 is 0 Å². The Morgan fingerprint density at radius 1 is 0.404 bits per heavy atom. The molecule has 0 fully saturated rings. The average molecular weight is 599 g/mol. The molecular weight excluding hydrogens is 567 g/mol. The molecule has 1 aliphatic heterocycles. The van der Waals surface area contributed by atoms with E-state index in [-0.39, 0.29) is 6.85 Å².